The van der Waals surface area contributed by atoms with Crippen molar-refractivity contribution >= 4 is 17.9 Å². The number of allylic oxidation sites excluding steroid dienone is 16. The highest BCUT2D eigenvalue weighted by Crippen LogP contribution is 2.14. The normalized spacial score (nSPS) is 12.8. The smallest absolute Gasteiger partial charge is 0.306 e. The van der Waals surface area contributed by atoms with Crippen molar-refractivity contribution < 1.29 is 28.6 Å². The van der Waals surface area contributed by atoms with Crippen molar-refractivity contribution in [2.75, 3.05) is 13.2 Å². The van der Waals surface area contributed by atoms with Gasteiger partial charge in [-0.05, 0) is 122 Å². The van der Waals surface area contributed by atoms with Crippen LogP contribution in [0.25, 0.3) is 0 Å². The summed E-state index contributed by atoms with van der Waals surface area (Å²) in [6.07, 6.45) is 73.9. The van der Waals surface area contributed by atoms with Crippen LogP contribution in [0.2, 0.25) is 0 Å². The van der Waals surface area contributed by atoms with E-state index in [1.54, 1.807) is 0 Å². The van der Waals surface area contributed by atoms with E-state index in [9.17, 15) is 14.4 Å². The molecule has 388 valence electrons. The van der Waals surface area contributed by atoms with Gasteiger partial charge >= 0.3 is 17.9 Å². The Bertz CT molecular complexity index is 1360. The van der Waals surface area contributed by atoms with Crippen LogP contribution in [0.1, 0.15) is 258 Å². The van der Waals surface area contributed by atoms with E-state index in [-0.39, 0.29) is 31.1 Å². The molecule has 0 aromatic rings. The summed E-state index contributed by atoms with van der Waals surface area (Å²) >= 11 is 0. The molecule has 0 heterocycles. The van der Waals surface area contributed by atoms with Gasteiger partial charge in [0.1, 0.15) is 13.2 Å². The molecule has 1 atom stereocenters. The number of carbonyl (C=O) groups excluding carboxylic acids is 3. The Hall–Kier alpha value is -3.67. The summed E-state index contributed by atoms with van der Waals surface area (Å²) in [4.78, 5) is 38.1. The first-order valence-electron chi connectivity index (χ1n) is 28.2. The van der Waals surface area contributed by atoms with Crippen LogP contribution < -0.4 is 0 Å². The Balaban J connectivity index is 4.44. The third kappa shape index (κ3) is 53.3. The molecule has 0 rings (SSSR count). The quantitative estimate of drug-likeness (QED) is 0.0262. The molecule has 0 aromatic carbocycles. The Labute approximate surface area is 419 Å². The molecule has 0 amide bonds. The number of hydrogen-bond donors (Lipinski definition) is 0. The zero-order valence-electron chi connectivity index (χ0n) is 44.3. The van der Waals surface area contributed by atoms with Crippen LogP contribution in [0.4, 0.5) is 0 Å². The van der Waals surface area contributed by atoms with E-state index in [2.05, 4.69) is 118 Å². The first kappa shape index (κ1) is 64.3. The number of unbranched alkanes of at least 4 members (excludes halogenated alkanes) is 23. The molecule has 0 bridgehead atoms. The highest BCUT2D eigenvalue weighted by atomic mass is 16.6. The maximum Gasteiger partial charge on any atom is 0.306 e. The topological polar surface area (TPSA) is 78.9 Å². The second-order valence-electron chi connectivity index (χ2n) is 18.5. The lowest BCUT2D eigenvalue weighted by molar-refractivity contribution is -0.167. The summed E-state index contributed by atoms with van der Waals surface area (Å²) < 4.78 is 16.8. The van der Waals surface area contributed by atoms with Gasteiger partial charge in [0.05, 0.1) is 0 Å². The minimum Gasteiger partial charge on any atom is -0.462 e. The summed E-state index contributed by atoms with van der Waals surface area (Å²) in [5.74, 6) is -0.939. The van der Waals surface area contributed by atoms with Crippen molar-refractivity contribution in [2.24, 2.45) is 0 Å². The minimum atomic E-state index is -0.798. The van der Waals surface area contributed by atoms with Crippen molar-refractivity contribution in [1.29, 1.82) is 0 Å². The van der Waals surface area contributed by atoms with Crippen molar-refractivity contribution in [2.45, 2.75) is 264 Å². The second kappa shape index (κ2) is 55.9. The van der Waals surface area contributed by atoms with Gasteiger partial charge in [0, 0.05) is 19.3 Å². The monoisotopic (exact) mass is 945 g/mol. The van der Waals surface area contributed by atoms with E-state index in [1.165, 1.54) is 103 Å². The number of esters is 3. The first-order valence-corrected chi connectivity index (χ1v) is 28.2. The van der Waals surface area contributed by atoms with E-state index in [0.717, 1.165) is 116 Å². The van der Waals surface area contributed by atoms with E-state index in [1.807, 2.05) is 0 Å². The fourth-order valence-electron chi connectivity index (χ4n) is 7.55. The van der Waals surface area contributed by atoms with Crippen LogP contribution in [0.15, 0.2) is 97.2 Å². The van der Waals surface area contributed by atoms with Gasteiger partial charge in [-0.3, -0.25) is 14.4 Å². The van der Waals surface area contributed by atoms with E-state index in [0.29, 0.717) is 19.3 Å². The molecule has 0 N–H and O–H groups in total. The molecule has 0 spiro atoms. The summed E-state index contributed by atoms with van der Waals surface area (Å²) in [5, 5.41) is 0. The molecule has 6 nitrogen and oxygen atoms in total. The Morgan fingerprint density at radius 3 is 0.926 bits per heavy atom. The molecular weight excluding hydrogens is 841 g/mol. The SMILES string of the molecule is CC/C=C\C/C=C\C/C=C\C/C=C\C/C=C\CCCCCC(=O)OC[C@@H](COC(=O)CCCCCCC/C=C\CCCCC)OC(=O)CCCCCCCCCCC/C=C\C/C=C\CCCCC. The fourth-order valence-corrected chi connectivity index (χ4v) is 7.55. The van der Waals surface area contributed by atoms with Crippen LogP contribution in [0.3, 0.4) is 0 Å². The van der Waals surface area contributed by atoms with Gasteiger partial charge < -0.3 is 14.2 Å². The molecule has 0 aliphatic heterocycles. The summed E-state index contributed by atoms with van der Waals surface area (Å²) in [5.41, 5.74) is 0. The third-order valence-electron chi connectivity index (χ3n) is 11.8. The Kier molecular flexibility index (Phi) is 52.9. The standard InChI is InChI=1S/C62H104O6/c1-4-7-10-13-16-19-22-25-27-29-31-33-35-37-40-43-46-49-52-55-61(64)67-58-59(57-66-60(63)54-51-48-45-42-39-24-21-18-15-12-9-6-3)68-62(65)56-53-50-47-44-41-38-36-34-32-30-28-26-23-20-17-14-11-8-5-2/h7,10,16-21,25-28,31,33,37,40,59H,4-6,8-9,11-15,22-24,29-30,32,34-36,38-39,41-58H2,1-3H3/b10-7-,19-16-,20-17-,21-18-,27-25-,28-26-,33-31-,40-37-/t59-/m1/s1. The van der Waals surface area contributed by atoms with Crippen molar-refractivity contribution in [3.8, 4) is 0 Å². The Morgan fingerprint density at radius 1 is 0.309 bits per heavy atom. The number of rotatable bonds is 50. The second-order valence-corrected chi connectivity index (χ2v) is 18.5. The zero-order valence-corrected chi connectivity index (χ0v) is 44.3. The van der Waals surface area contributed by atoms with Crippen LogP contribution >= 0.6 is 0 Å². The molecule has 0 unspecified atom stereocenters. The maximum absolute atomic E-state index is 12.9. The summed E-state index contributed by atoms with van der Waals surface area (Å²) in [6, 6.07) is 0. The molecule has 0 radical (unpaired) electrons. The zero-order chi connectivity index (χ0) is 49.3. The van der Waals surface area contributed by atoms with Crippen LogP contribution in [0.5, 0.6) is 0 Å². The lowest BCUT2D eigenvalue weighted by Crippen LogP contribution is -2.30. The maximum atomic E-state index is 12.9. The minimum absolute atomic E-state index is 0.0947. The molecule has 0 saturated heterocycles. The average Bonchev–Trinajstić information content (AvgIpc) is 3.34. The molecule has 0 aliphatic rings. The van der Waals surface area contributed by atoms with Crippen LogP contribution in [0, 0.1) is 0 Å². The largest absolute Gasteiger partial charge is 0.462 e. The summed E-state index contributed by atoms with van der Waals surface area (Å²) in [7, 11) is 0. The predicted molar refractivity (Wildman–Crippen MR) is 293 cm³/mol. The number of carbonyl (C=O) groups is 3. The van der Waals surface area contributed by atoms with Gasteiger partial charge in [-0.1, -0.05) is 214 Å². The van der Waals surface area contributed by atoms with Gasteiger partial charge in [-0.15, -0.1) is 0 Å². The molecule has 0 aromatic heterocycles. The van der Waals surface area contributed by atoms with Crippen LogP contribution in [-0.2, 0) is 28.6 Å². The van der Waals surface area contributed by atoms with E-state index in [4.69, 9.17) is 14.2 Å². The molecular formula is C62H104O6. The molecule has 0 aliphatic carbocycles. The van der Waals surface area contributed by atoms with Crippen LogP contribution in [-0.4, -0.2) is 37.2 Å². The van der Waals surface area contributed by atoms with Gasteiger partial charge in [0.15, 0.2) is 6.10 Å². The lowest BCUT2D eigenvalue weighted by Gasteiger charge is -2.18. The molecule has 68 heavy (non-hydrogen) atoms. The van der Waals surface area contributed by atoms with Gasteiger partial charge in [0.2, 0.25) is 0 Å². The van der Waals surface area contributed by atoms with Gasteiger partial charge in [-0.2, -0.15) is 0 Å². The molecule has 0 saturated carbocycles. The molecule has 6 heteroatoms. The molecule has 0 fully saturated rings. The first-order chi connectivity index (χ1) is 33.5. The summed E-state index contributed by atoms with van der Waals surface area (Å²) in [6.45, 7) is 6.44. The fraction of sp³-hybridized carbons (Fsp3) is 0.694. The van der Waals surface area contributed by atoms with Gasteiger partial charge in [-0.25, -0.2) is 0 Å². The third-order valence-corrected chi connectivity index (χ3v) is 11.8. The Morgan fingerprint density at radius 2 is 0.574 bits per heavy atom. The van der Waals surface area contributed by atoms with Crippen molar-refractivity contribution in [1.82, 2.24) is 0 Å². The van der Waals surface area contributed by atoms with E-state index >= 15 is 0 Å². The number of hydrogen-bond acceptors (Lipinski definition) is 6. The highest BCUT2D eigenvalue weighted by Gasteiger charge is 2.19. The lowest BCUT2D eigenvalue weighted by atomic mass is 10.1. The van der Waals surface area contributed by atoms with Crippen molar-refractivity contribution in [3.05, 3.63) is 97.2 Å². The average molecular weight is 946 g/mol. The van der Waals surface area contributed by atoms with Crippen molar-refractivity contribution in [3.63, 3.8) is 0 Å². The predicted octanol–water partition coefficient (Wildman–Crippen LogP) is 18.9. The number of ether oxygens (including phenoxy) is 3. The highest BCUT2D eigenvalue weighted by molar-refractivity contribution is 5.71. The van der Waals surface area contributed by atoms with Gasteiger partial charge in [0.25, 0.3) is 0 Å². The van der Waals surface area contributed by atoms with E-state index < -0.39 is 6.10 Å².